The number of anilines is 1. The molecular weight excluding hydrogens is 300 g/mol. The monoisotopic (exact) mass is 326 g/mol. The number of nitrogens with one attached hydrogen (secondary N) is 1. The van der Waals surface area contributed by atoms with Crippen LogP contribution >= 0.6 is 15.9 Å². The minimum Gasteiger partial charge on any atom is -0.377 e. The van der Waals surface area contributed by atoms with Gasteiger partial charge in [0.15, 0.2) is 0 Å². The fourth-order valence-electron chi connectivity index (χ4n) is 2.81. The molecule has 0 amide bonds. The van der Waals surface area contributed by atoms with Gasteiger partial charge in [-0.3, -0.25) is 0 Å². The Balaban J connectivity index is 2.98. The van der Waals surface area contributed by atoms with Crippen molar-refractivity contribution in [2.75, 3.05) is 11.9 Å². The van der Waals surface area contributed by atoms with E-state index < -0.39 is 0 Å². The lowest BCUT2D eigenvalue weighted by molar-refractivity contribution is 0.317. The quantitative estimate of drug-likeness (QED) is 0.765. The summed E-state index contributed by atoms with van der Waals surface area (Å²) in [6.07, 6.45) is 2.17. The van der Waals surface area contributed by atoms with Gasteiger partial charge in [0, 0.05) is 16.7 Å². The molecule has 3 heteroatoms. The van der Waals surface area contributed by atoms with Crippen molar-refractivity contribution >= 4 is 21.6 Å². The maximum Gasteiger partial charge on any atom is 0.0500 e. The zero-order chi connectivity index (χ0) is 14.5. The van der Waals surface area contributed by atoms with Gasteiger partial charge in [0.25, 0.3) is 0 Å². The zero-order valence-electron chi connectivity index (χ0n) is 12.5. The van der Waals surface area contributed by atoms with Gasteiger partial charge in [-0.05, 0) is 52.7 Å². The summed E-state index contributed by atoms with van der Waals surface area (Å²) in [5, 5.41) is 3.70. The molecule has 0 aliphatic heterocycles. The molecule has 2 nitrogen and oxygen atoms in total. The van der Waals surface area contributed by atoms with Crippen LogP contribution in [0.4, 0.5) is 5.69 Å². The summed E-state index contributed by atoms with van der Waals surface area (Å²) in [5.74, 6) is 1.24. The number of halogens is 1. The lowest BCUT2D eigenvalue weighted by atomic mass is 9.81. The van der Waals surface area contributed by atoms with Crippen LogP contribution < -0.4 is 11.1 Å². The summed E-state index contributed by atoms with van der Waals surface area (Å²) in [5.41, 5.74) is 7.24. The number of hydrogen-bond acceptors (Lipinski definition) is 2. The van der Waals surface area contributed by atoms with Gasteiger partial charge in [-0.25, -0.2) is 0 Å². The van der Waals surface area contributed by atoms with Gasteiger partial charge in [-0.2, -0.15) is 0 Å². The average molecular weight is 327 g/mol. The normalized spacial score (nSPS) is 12.2. The first-order chi connectivity index (χ1) is 8.88. The highest BCUT2D eigenvalue weighted by atomic mass is 79.9. The van der Waals surface area contributed by atoms with Crippen molar-refractivity contribution in [3.05, 3.63) is 28.7 Å². The SMILES string of the molecule is CC(C)CC(CN)(CC(C)C)Nc1ccccc1Br. The molecule has 3 N–H and O–H groups in total. The second kappa shape index (κ2) is 7.30. The lowest BCUT2D eigenvalue weighted by Gasteiger charge is -2.38. The first-order valence-corrected chi connectivity index (χ1v) is 7.90. The molecule has 0 saturated carbocycles. The summed E-state index contributed by atoms with van der Waals surface area (Å²) >= 11 is 3.61. The highest BCUT2D eigenvalue weighted by molar-refractivity contribution is 9.10. The Kier molecular flexibility index (Phi) is 6.34. The molecule has 0 saturated heterocycles. The van der Waals surface area contributed by atoms with E-state index in [1.165, 1.54) is 0 Å². The molecule has 0 fully saturated rings. The van der Waals surface area contributed by atoms with Crippen LogP contribution in [0.1, 0.15) is 40.5 Å². The maximum absolute atomic E-state index is 6.12. The lowest BCUT2D eigenvalue weighted by Crippen LogP contribution is -2.47. The van der Waals surface area contributed by atoms with E-state index in [9.17, 15) is 0 Å². The Morgan fingerprint density at radius 3 is 2.05 bits per heavy atom. The summed E-state index contributed by atoms with van der Waals surface area (Å²) in [6.45, 7) is 9.68. The van der Waals surface area contributed by atoms with Crippen molar-refractivity contribution in [1.29, 1.82) is 0 Å². The van der Waals surface area contributed by atoms with Gasteiger partial charge in [0.1, 0.15) is 0 Å². The van der Waals surface area contributed by atoms with Crippen molar-refractivity contribution in [2.45, 2.75) is 46.1 Å². The molecule has 0 heterocycles. The minimum absolute atomic E-state index is 0.0216. The molecule has 1 aromatic rings. The van der Waals surface area contributed by atoms with Crippen molar-refractivity contribution in [3.8, 4) is 0 Å². The van der Waals surface area contributed by atoms with E-state index in [1.807, 2.05) is 6.07 Å². The van der Waals surface area contributed by atoms with Crippen LogP contribution in [0.3, 0.4) is 0 Å². The van der Waals surface area contributed by atoms with Gasteiger partial charge in [0.05, 0.1) is 5.54 Å². The first kappa shape index (κ1) is 16.5. The van der Waals surface area contributed by atoms with Crippen LogP contribution in [-0.2, 0) is 0 Å². The van der Waals surface area contributed by atoms with Crippen molar-refractivity contribution in [2.24, 2.45) is 17.6 Å². The molecule has 1 aromatic carbocycles. The summed E-state index contributed by atoms with van der Waals surface area (Å²) in [7, 11) is 0. The molecule has 0 atom stereocenters. The number of nitrogens with two attached hydrogens (primary N) is 1. The van der Waals surface area contributed by atoms with Gasteiger partial charge < -0.3 is 11.1 Å². The molecule has 0 aliphatic rings. The average Bonchev–Trinajstić information content (AvgIpc) is 2.30. The van der Waals surface area contributed by atoms with Crippen LogP contribution in [0, 0.1) is 11.8 Å². The molecule has 0 bridgehead atoms. The van der Waals surface area contributed by atoms with Gasteiger partial charge in [-0.1, -0.05) is 39.8 Å². The molecule has 0 spiro atoms. The Hall–Kier alpha value is -0.540. The Labute approximate surface area is 126 Å². The summed E-state index contributed by atoms with van der Waals surface area (Å²) < 4.78 is 1.10. The van der Waals surface area contributed by atoms with Crippen LogP contribution in [0.5, 0.6) is 0 Å². The summed E-state index contributed by atoms with van der Waals surface area (Å²) in [4.78, 5) is 0. The van der Waals surface area contributed by atoms with Gasteiger partial charge in [0.2, 0.25) is 0 Å². The van der Waals surface area contributed by atoms with E-state index in [4.69, 9.17) is 5.73 Å². The molecule has 0 aromatic heterocycles. The number of para-hydroxylation sites is 1. The first-order valence-electron chi connectivity index (χ1n) is 7.11. The van der Waals surface area contributed by atoms with E-state index in [0.717, 1.165) is 23.0 Å². The Morgan fingerprint density at radius 1 is 1.11 bits per heavy atom. The van der Waals surface area contributed by atoms with Crippen molar-refractivity contribution < 1.29 is 0 Å². The predicted molar refractivity (Wildman–Crippen MR) is 88.5 cm³/mol. The topological polar surface area (TPSA) is 38.0 Å². The van der Waals surface area contributed by atoms with E-state index >= 15 is 0 Å². The van der Waals surface area contributed by atoms with E-state index in [2.05, 4.69) is 67.1 Å². The van der Waals surface area contributed by atoms with Crippen molar-refractivity contribution in [1.82, 2.24) is 0 Å². The highest BCUT2D eigenvalue weighted by Crippen LogP contribution is 2.31. The van der Waals surface area contributed by atoms with Crippen molar-refractivity contribution in [3.63, 3.8) is 0 Å². The largest absolute Gasteiger partial charge is 0.377 e. The minimum atomic E-state index is -0.0216. The molecule has 0 unspecified atom stereocenters. The van der Waals surface area contributed by atoms with Crippen LogP contribution in [-0.4, -0.2) is 12.1 Å². The highest BCUT2D eigenvalue weighted by Gasteiger charge is 2.30. The smallest absolute Gasteiger partial charge is 0.0500 e. The molecule has 0 radical (unpaired) electrons. The van der Waals surface area contributed by atoms with E-state index in [0.29, 0.717) is 18.4 Å². The number of hydrogen-bond donors (Lipinski definition) is 2. The fraction of sp³-hybridized carbons (Fsp3) is 0.625. The predicted octanol–water partition coefficient (Wildman–Crippen LogP) is 4.65. The Bertz CT molecular complexity index is 378. The third-order valence-corrected chi connectivity index (χ3v) is 3.95. The van der Waals surface area contributed by atoms with E-state index in [1.54, 1.807) is 0 Å². The second-order valence-corrected chi connectivity index (χ2v) is 7.14. The third-order valence-electron chi connectivity index (χ3n) is 3.26. The van der Waals surface area contributed by atoms with Crippen LogP contribution in [0.2, 0.25) is 0 Å². The fourth-order valence-corrected chi connectivity index (χ4v) is 3.20. The van der Waals surface area contributed by atoms with Gasteiger partial charge >= 0.3 is 0 Å². The van der Waals surface area contributed by atoms with Gasteiger partial charge in [-0.15, -0.1) is 0 Å². The molecule has 19 heavy (non-hydrogen) atoms. The maximum atomic E-state index is 6.12. The molecule has 1 rings (SSSR count). The molecule has 0 aliphatic carbocycles. The van der Waals surface area contributed by atoms with Crippen LogP contribution in [0.25, 0.3) is 0 Å². The standard InChI is InChI=1S/C16H27BrN2/c1-12(2)9-16(11-18,10-13(3)4)19-15-8-6-5-7-14(15)17/h5-8,12-13,19H,9-11,18H2,1-4H3. The molecular formula is C16H27BrN2. The van der Waals surface area contributed by atoms with Crippen LogP contribution in [0.15, 0.2) is 28.7 Å². The third kappa shape index (κ3) is 5.15. The molecule has 108 valence electrons. The summed E-state index contributed by atoms with van der Waals surface area (Å²) in [6, 6.07) is 8.26. The zero-order valence-corrected chi connectivity index (χ0v) is 14.1. The number of benzene rings is 1. The second-order valence-electron chi connectivity index (χ2n) is 6.29. The number of rotatable bonds is 7. The van der Waals surface area contributed by atoms with E-state index in [-0.39, 0.29) is 5.54 Å². The Morgan fingerprint density at radius 2 is 1.63 bits per heavy atom.